The number of nitrogens with zero attached hydrogens (tertiary/aromatic N) is 2. The summed E-state index contributed by atoms with van der Waals surface area (Å²) in [6.07, 6.45) is 0.776. The molecule has 16 heavy (non-hydrogen) atoms. The average molecular weight is 260 g/mol. The van der Waals surface area contributed by atoms with E-state index in [1.807, 2.05) is 13.8 Å². The summed E-state index contributed by atoms with van der Waals surface area (Å²) < 4.78 is 0. The van der Waals surface area contributed by atoms with Crippen molar-refractivity contribution < 1.29 is 4.79 Å². The largest absolute Gasteiger partial charge is 0.271 e. The van der Waals surface area contributed by atoms with Gasteiger partial charge in [-0.15, -0.1) is 0 Å². The van der Waals surface area contributed by atoms with E-state index in [1.165, 1.54) is 12.1 Å². The van der Waals surface area contributed by atoms with E-state index in [2.05, 4.69) is 15.5 Å². The van der Waals surface area contributed by atoms with Crippen LogP contribution in [0.5, 0.6) is 0 Å². The summed E-state index contributed by atoms with van der Waals surface area (Å²) >= 11 is 11.3. The van der Waals surface area contributed by atoms with Crippen molar-refractivity contribution in [1.29, 1.82) is 0 Å². The molecule has 0 aliphatic rings. The Bertz CT molecular complexity index is 412. The van der Waals surface area contributed by atoms with Gasteiger partial charge in [-0.05, 0) is 25.5 Å². The molecule has 1 rings (SSSR count). The van der Waals surface area contributed by atoms with Crippen LogP contribution in [0.3, 0.4) is 0 Å². The van der Waals surface area contributed by atoms with Gasteiger partial charge in [-0.3, -0.25) is 4.79 Å². The lowest BCUT2D eigenvalue weighted by molar-refractivity contribution is 0.0954. The van der Waals surface area contributed by atoms with Crippen LogP contribution in [0.15, 0.2) is 17.2 Å². The molecule has 0 saturated carbocycles. The van der Waals surface area contributed by atoms with Crippen molar-refractivity contribution in [1.82, 2.24) is 10.4 Å². The molecule has 86 valence electrons. The number of amides is 1. The normalized spacial score (nSPS) is 11.4. The van der Waals surface area contributed by atoms with Gasteiger partial charge in [-0.25, -0.2) is 10.4 Å². The third kappa shape index (κ3) is 3.79. The van der Waals surface area contributed by atoms with E-state index in [9.17, 15) is 4.79 Å². The molecule has 0 atom stereocenters. The van der Waals surface area contributed by atoms with Crippen LogP contribution < -0.4 is 5.43 Å². The molecule has 0 radical (unpaired) electrons. The van der Waals surface area contributed by atoms with Crippen molar-refractivity contribution in [3.05, 3.63) is 28.0 Å². The van der Waals surface area contributed by atoms with Gasteiger partial charge in [0, 0.05) is 11.3 Å². The Hall–Kier alpha value is -1.13. The Balaban J connectivity index is 2.81. The first kappa shape index (κ1) is 12.9. The topological polar surface area (TPSA) is 54.4 Å². The number of nitrogens with one attached hydrogen (secondary N) is 1. The quantitative estimate of drug-likeness (QED) is 0.516. The molecular weight excluding hydrogens is 249 g/mol. The van der Waals surface area contributed by atoms with Crippen molar-refractivity contribution in [3.63, 3.8) is 0 Å². The highest BCUT2D eigenvalue weighted by atomic mass is 35.5. The highest BCUT2D eigenvalue weighted by Gasteiger charge is 2.07. The van der Waals surface area contributed by atoms with E-state index in [0.29, 0.717) is 5.56 Å². The minimum atomic E-state index is -0.362. The summed E-state index contributed by atoms with van der Waals surface area (Å²) in [5, 5.41) is 4.24. The highest BCUT2D eigenvalue weighted by Crippen LogP contribution is 2.14. The molecule has 1 heterocycles. The SMILES string of the molecule is CCC(C)=NNC(=O)c1cc(Cl)nc(Cl)c1. The Morgan fingerprint density at radius 3 is 2.50 bits per heavy atom. The fourth-order valence-electron chi connectivity index (χ4n) is 0.886. The van der Waals surface area contributed by atoms with Gasteiger partial charge in [0.1, 0.15) is 10.3 Å². The summed E-state index contributed by atoms with van der Waals surface area (Å²) in [4.78, 5) is 15.3. The maximum atomic E-state index is 11.6. The maximum Gasteiger partial charge on any atom is 0.271 e. The minimum Gasteiger partial charge on any atom is -0.267 e. The van der Waals surface area contributed by atoms with Crippen LogP contribution in [0.2, 0.25) is 10.3 Å². The summed E-state index contributed by atoms with van der Waals surface area (Å²) in [5.74, 6) is -0.362. The Kier molecular flexibility index (Phi) is 4.71. The third-order valence-electron chi connectivity index (χ3n) is 1.88. The Morgan fingerprint density at radius 2 is 2.00 bits per heavy atom. The number of carbonyl (C=O) groups is 1. The van der Waals surface area contributed by atoms with Gasteiger partial charge in [-0.2, -0.15) is 5.10 Å². The van der Waals surface area contributed by atoms with Crippen molar-refractivity contribution in [2.75, 3.05) is 0 Å². The number of aromatic nitrogens is 1. The molecule has 0 fully saturated rings. The monoisotopic (exact) mass is 259 g/mol. The summed E-state index contributed by atoms with van der Waals surface area (Å²) in [7, 11) is 0. The van der Waals surface area contributed by atoms with Crippen molar-refractivity contribution in [2.45, 2.75) is 20.3 Å². The molecule has 0 aliphatic heterocycles. The molecule has 4 nitrogen and oxygen atoms in total. The molecule has 1 amide bonds. The second-order valence-electron chi connectivity index (χ2n) is 3.14. The van der Waals surface area contributed by atoms with Crippen LogP contribution in [0.25, 0.3) is 0 Å². The van der Waals surface area contributed by atoms with Gasteiger partial charge in [0.15, 0.2) is 0 Å². The predicted molar refractivity (Wildman–Crippen MR) is 65.1 cm³/mol. The van der Waals surface area contributed by atoms with Crippen LogP contribution in [-0.4, -0.2) is 16.6 Å². The second-order valence-corrected chi connectivity index (χ2v) is 3.92. The molecule has 1 aromatic heterocycles. The zero-order chi connectivity index (χ0) is 12.1. The van der Waals surface area contributed by atoms with Gasteiger partial charge < -0.3 is 0 Å². The van der Waals surface area contributed by atoms with Gasteiger partial charge in [0.05, 0.1) is 0 Å². The molecule has 0 bridgehead atoms. The minimum absolute atomic E-state index is 0.175. The standard InChI is InChI=1S/C10H11Cl2N3O/c1-3-6(2)14-15-10(16)7-4-8(11)13-9(12)5-7/h4-5H,3H2,1-2H3,(H,15,16). The van der Waals surface area contributed by atoms with Crippen molar-refractivity contribution in [2.24, 2.45) is 5.10 Å². The number of carbonyl (C=O) groups excluding carboxylic acids is 1. The van der Waals surface area contributed by atoms with Crippen molar-refractivity contribution >= 4 is 34.8 Å². The zero-order valence-electron chi connectivity index (χ0n) is 8.92. The molecule has 1 aromatic rings. The lowest BCUT2D eigenvalue weighted by atomic mass is 10.2. The predicted octanol–water partition coefficient (Wildman–Crippen LogP) is 2.90. The van der Waals surface area contributed by atoms with Crippen LogP contribution >= 0.6 is 23.2 Å². The molecule has 0 aromatic carbocycles. The van der Waals surface area contributed by atoms with E-state index in [1.54, 1.807) is 0 Å². The molecular formula is C10H11Cl2N3O. The first-order valence-corrected chi connectivity index (χ1v) is 5.45. The van der Waals surface area contributed by atoms with Gasteiger partial charge >= 0.3 is 0 Å². The summed E-state index contributed by atoms with van der Waals surface area (Å²) in [6, 6.07) is 2.86. The van der Waals surface area contributed by atoms with E-state index >= 15 is 0 Å². The first-order valence-electron chi connectivity index (χ1n) is 4.69. The van der Waals surface area contributed by atoms with E-state index in [0.717, 1.165) is 12.1 Å². The number of hydrogen-bond donors (Lipinski definition) is 1. The summed E-state index contributed by atoms with van der Waals surface area (Å²) in [5.41, 5.74) is 3.57. The van der Waals surface area contributed by atoms with Gasteiger partial charge in [0.2, 0.25) is 0 Å². The number of rotatable bonds is 3. The molecule has 0 spiro atoms. The molecule has 0 saturated heterocycles. The van der Waals surface area contributed by atoms with E-state index in [-0.39, 0.29) is 16.2 Å². The van der Waals surface area contributed by atoms with Crippen LogP contribution in [-0.2, 0) is 0 Å². The third-order valence-corrected chi connectivity index (χ3v) is 2.27. The van der Waals surface area contributed by atoms with Crippen molar-refractivity contribution in [3.8, 4) is 0 Å². The lowest BCUT2D eigenvalue weighted by Gasteiger charge is -2.02. The fourth-order valence-corrected chi connectivity index (χ4v) is 1.35. The van der Waals surface area contributed by atoms with Gasteiger partial charge in [-0.1, -0.05) is 30.1 Å². The lowest BCUT2D eigenvalue weighted by Crippen LogP contribution is -2.19. The fraction of sp³-hybridized carbons (Fsp3) is 0.300. The molecule has 0 unspecified atom stereocenters. The Morgan fingerprint density at radius 1 is 1.44 bits per heavy atom. The molecule has 0 aliphatic carbocycles. The number of pyridine rings is 1. The average Bonchev–Trinajstić information content (AvgIpc) is 2.23. The van der Waals surface area contributed by atoms with E-state index < -0.39 is 0 Å². The van der Waals surface area contributed by atoms with Crippen LogP contribution in [0.1, 0.15) is 30.6 Å². The maximum absolute atomic E-state index is 11.6. The van der Waals surface area contributed by atoms with Gasteiger partial charge in [0.25, 0.3) is 5.91 Å². The van der Waals surface area contributed by atoms with E-state index in [4.69, 9.17) is 23.2 Å². The van der Waals surface area contributed by atoms with Crippen LogP contribution in [0.4, 0.5) is 0 Å². The number of hydrazone groups is 1. The zero-order valence-corrected chi connectivity index (χ0v) is 10.4. The second kappa shape index (κ2) is 5.82. The number of halogens is 2. The first-order chi connectivity index (χ1) is 7.52. The molecule has 1 N–H and O–H groups in total. The smallest absolute Gasteiger partial charge is 0.267 e. The Labute approximate surface area is 104 Å². The summed E-state index contributed by atoms with van der Waals surface area (Å²) in [6.45, 7) is 3.78. The number of hydrogen-bond acceptors (Lipinski definition) is 3. The van der Waals surface area contributed by atoms with Crippen LogP contribution in [0, 0.1) is 0 Å². The highest BCUT2D eigenvalue weighted by molar-refractivity contribution is 6.33. The molecule has 6 heteroatoms.